The van der Waals surface area contributed by atoms with Crippen LogP contribution in [-0.2, 0) is 0 Å². The number of rotatable bonds is 4. The summed E-state index contributed by atoms with van der Waals surface area (Å²) in [5.74, 6) is 2.34. The molecule has 1 saturated carbocycles. The van der Waals surface area contributed by atoms with Crippen molar-refractivity contribution in [1.29, 1.82) is 0 Å². The Hall–Kier alpha value is 0.310. The molecule has 0 spiro atoms. The summed E-state index contributed by atoms with van der Waals surface area (Å²) in [4.78, 5) is 0. The smallest absolute Gasteiger partial charge is 0.0659 e. The van der Waals surface area contributed by atoms with E-state index in [1.54, 1.807) is 0 Å². The van der Waals surface area contributed by atoms with Gasteiger partial charge in [0.15, 0.2) is 0 Å². The average molecular weight is 244 g/mol. The van der Waals surface area contributed by atoms with Crippen molar-refractivity contribution in [1.82, 2.24) is 0 Å². The average Bonchev–Trinajstić information content (AvgIpc) is 2.25. The highest BCUT2D eigenvalue weighted by Crippen LogP contribution is 2.35. The Labute approximate surface area is 105 Å². The second kappa shape index (κ2) is 6.30. The Morgan fingerprint density at radius 2 is 2.00 bits per heavy atom. The van der Waals surface area contributed by atoms with Crippen molar-refractivity contribution < 1.29 is 5.11 Å². The van der Waals surface area contributed by atoms with Crippen molar-refractivity contribution in [2.45, 2.75) is 70.7 Å². The lowest BCUT2D eigenvalue weighted by atomic mass is 9.78. The van der Waals surface area contributed by atoms with Gasteiger partial charge in [-0.3, -0.25) is 0 Å². The van der Waals surface area contributed by atoms with Gasteiger partial charge in [-0.15, -0.1) is 0 Å². The molecule has 1 fully saturated rings. The minimum atomic E-state index is -0.0847. The van der Waals surface area contributed by atoms with Gasteiger partial charge in [-0.2, -0.15) is 11.8 Å². The highest BCUT2D eigenvalue weighted by molar-refractivity contribution is 8.00. The van der Waals surface area contributed by atoms with Gasteiger partial charge >= 0.3 is 0 Å². The van der Waals surface area contributed by atoms with E-state index in [2.05, 4.69) is 27.7 Å². The Balaban J connectivity index is 2.32. The van der Waals surface area contributed by atoms with E-state index in [-0.39, 0.29) is 10.9 Å². The lowest BCUT2D eigenvalue weighted by molar-refractivity contribution is 0.0860. The summed E-state index contributed by atoms with van der Waals surface area (Å²) >= 11 is 1.89. The molecule has 0 aromatic carbocycles. The first-order valence-corrected chi connectivity index (χ1v) is 7.73. The van der Waals surface area contributed by atoms with Gasteiger partial charge < -0.3 is 5.11 Å². The molecule has 96 valence electrons. The second-order valence-electron chi connectivity index (χ2n) is 6.19. The first kappa shape index (κ1) is 14.4. The van der Waals surface area contributed by atoms with Crippen molar-refractivity contribution in [3.05, 3.63) is 0 Å². The Bertz CT molecular complexity index is 197. The van der Waals surface area contributed by atoms with Crippen LogP contribution in [0.25, 0.3) is 0 Å². The maximum atomic E-state index is 10.2. The van der Waals surface area contributed by atoms with E-state index in [9.17, 15) is 5.11 Å². The molecule has 0 saturated heterocycles. The van der Waals surface area contributed by atoms with Gasteiger partial charge in [-0.05, 0) is 24.7 Å². The van der Waals surface area contributed by atoms with Crippen molar-refractivity contribution in [3.8, 4) is 0 Å². The lowest BCUT2D eigenvalue weighted by Gasteiger charge is -2.32. The molecule has 0 aromatic heterocycles. The van der Waals surface area contributed by atoms with Gasteiger partial charge in [0.1, 0.15) is 0 Å². The number of hydrogen-bond acceptors (Lipinski definition) is 2. The predicted octanol–water partition coefficient (Wildman–Crippen LogP) is 4.10. The SMILES string of the molecule is CCC1CCCC(C(O)CSC(C)(C)C)C1. The monoisotopic (exact) mass is 244 g/mol. The fourth-order valence-corrected chi connectivity index (χ4v) is 3.47. The number of aliphatic hydroxyl groups is 1. The largest absolute Gasteiger partial charge is 0.392 e. The molecular weight excluding hydrogens is 216 g/mol. The molecule has 0 aliphatic heterocycles. The number of aliphatic hydroxyl groups excluding tert-OH is 1. The molecule has 0 heterocycles. The maximum Gasteiger partial charge on any atom is 0.0659 e. The molecule has 1 aliphatic carbocycles. The zero-order valence-electron chi connectivity index (χ0n) is 11.3. The van der Waals surface area contributed by atoms with Crippen LogP contribution in [-0.4, -0.2) is 21.7 Å². The minimum Gasteiger partial charge on any atom is -0.392 e. The molecule has 3 atom stereocenters. The first-order valence-electron chi connectivity index (χ1n) is 6.74. The summed E-state index contributed by atoms with van der Waals surface area (Å²) in [7, 11) is 0. The molecule has 16 heavy (non-hydrogen) atoms. The highest BCUT2D eigenvalue weighted by Gasteiger charge is 2.27. The molecular formula is C14H28OS. The topological polar surface area (TPSA) is 20.2 Å². The zero-order valence-corrected chi connectivity index (χ0v) is 12.1. The summed E-state index contributed by atoms with van der Waals surface area (Å²) in [5, 5.41) is 10.2. The van der Waals surface area contributed by atoms with E-state index in [1.807, 2.05) is 11.8 Å². The van der Waals surface area contributed by atoms with Crippen LogP contribution in [0.5, 0.6) is 0 Å². The molecule has 2 heteroatoms. The number of thioether (sulfide) groups is 1. The molecule has 0 amide bonds. The predicted molar refractivity (Wildman–Crippen MR) is 74.0 cm³/mol. The highest BCUT2D eigenvalue weighted by atomic mass is 32.2. The standard InChI is InChI=1S/C14H28OS/c1-5-11-7-6-8-12(9-11)13(15)10-16-14(2,3)4/h11-13,15H,5-10H2,1-4H3. The van der Waals surface area contributed by atoms with Gasteiger partial charge in [-0.1, -0.05) is 47.0 Å². The molecule has 1 aliphatic rings. The van der Waals surface area contributed by atoms with Crippen molar-refractivity contribution >= 4 is 11.8 Å². The van der Waals surface area contributed by atoms with Crippen LogP contribution in [0.3, 0.4) is 0 Å². The normalized spacial score (nSPS) is 29.1. The summed E-state index contributed by atoms with van der Waals surface area (Å²) in [5.41, 5.74) is 0. The van der Waals surface area contributed by atoms with Gasteiger partial charge in [0.05, 0.1) is 6.10 Å². The maximum absolute atomic E-state index is 10.2. The Morgan fingerprint density at radius 3 is 2.56 bits per heavy atom. The molecule has 1 nitrogen and oxygen atoms in total. The fraction of sp³-hybridized carbons (Fsp3) is 1.00. The van der Waals surface area contributed by atoms with Crippen LogP contribution in [0.1, 0.15) is 59.8 Å². The third-order valence-corrected chi connectivity index (χ3v) is 5.01. The third kappa shape index (κ3) is 5.09. The van der Waals surface area contributed by atoms with Crippen LogP contribution in [0.4, 0.5) is 0 Å². The van der Waals surface area contributed by atoms with E-state index in [1.165, 1.54) is 32.1 Å². The van der Waals surface area contributed by atoms with Crippen molar-refractivity contribution in [3.63, 3.8) is 0 Å². The molecule has 1 rings (SSSR count). The van der Waals surface area contributed by atoms with E-state index in [4.69, 9.17) is 0 Å². The van der Waals surface area contributed by atoms with E-state index < -0.39 is 0 Å². The Kier molecular flexibility index (Phi) is 5.66. The van der Waals surface area contributed by atoms with Crippen molar-refractivity contribution in [2.24, 2.45) is 11.8 Å². The summed E-state index contributed by atoms with van der Waals surface area (Å²) in [6.07, 6.45) is 6.39. The molecule has 1 N–H and O–H groups in total. The quantitative estimate of drug-likeness (QED) is 0.803. The fourth-order valence-electron chi connectivity index (χ4n) is 2.52. The summed E-state index contributed by atoms with van der Waals surface area (Å²) < 4.78 is 0.278. The van der Waals surface area contributed by atoms with Crippen LogP contribution in [0.15, 0.2) is 0 Å². The molecule has 0 aromatic rings. The van der Waals surface area contributed by atoms with Gasteiger partial charge in [0.2, 0.25) is 0 Å². The molecule has 0 radical (unpaired) electrons. The molecule has 0 bridgehead atoms. The van der Waals surface area contributed by atoms with E-state index in [0.717, 1.165) is 11.7 Å². The minimum absolute atomic E-state index is 0.0847. The van der Waals surface area contributed by atoms with E-state index in [0.29, 0.717) is 5.92 Å². The van der Waals surface area contributed by atoms with Crippen LogP contribution in [0, 0.1) is 11.8 Å². The third-order valence-electron chi connectivity index (χ3n) is 3.63. The van der Waals surface area contributed by atoms with Gasteiger partial charge in [0, 0.05) is 10.5 Å². The van der Waals surface area contributed by atoms with Crippen LogP contribution in [0.2, 0.25) is 0 Å². The first-order chi connectivity index (χ1) is 7.42. The lowest BCUT2D eigenvalue weighted by Crippen LogP contribution is -2.29. The Morgan fingerprint density at radius 1 is 1.31 bits per heavy atom. The van der Waals surface area contributed by atoms with Crippen molar-refractivity contribution in [2.75, 3.05) is 5.75 Å². The molecule has 3 unspecified atom stereocenters. The summed E-state index contributed by atoms with van der Waals surface area (Å²) in [6.45, 7) is 8.95. The summed E-state index contributed by atoms with van der Waals surface area (Å²) in [6, 6.07) is 0. The zero-order chi connectivity index (χ0) is 12.2. The van der Waals surface area contributed by atoms with Gasteiger partial charge in [0.25, 0.3) is 0 Å². The second-order valence-corrected chi connectivity index (χ2v) is 8.04. The van der Waals surface area contributed by atoms with Crippen LogP contribution < -0.4 is 0 Å². The van der Waals surface area contributed by atoms with Crippen LogP contribution >= 0.6 is 11.8 Å². The number of hydrogen-bond donors (Lipinski definition) is 1. The van der Waals surface area contributed by atoms with Gasteiger partial charge in [-0.25, -0.2) is 0 Å². The van der Waals surface area contributed by atoms with E-state index >= 15 is 0 Å².